The normalized spacial score (nSPS) is 19.9. The minimum atomic E-state index is 0.553. The lowest BCUT2D eigenvalue weighted by Crippen LogP contribution is -2.35. The number of hydrogen-bond donors (Lipinski definition) is 1. The summed E-state index contributed by atoms with van der Waals surface area (Å²) in [5.41, 5.74) is 3.46. The molecule has 0 heterocycles. The van der Waals surface area contributed by atoms with Crippen molar-refractivity contribution in [2.24, 2.45) is 5.41 Å². The predicted octanol–water partition coefficient (Wildman–Crippen LogP) is 2.93. The highest BCUT2D eigenvalue weighted by Crippen LogP contribution is 2.48. The van der Waals surface area contributed by atoms with Gasteiger partial charge in [-0.15, -0.1) is 0 Å². The van der Waals surface area contributed by atoms with E-state index < -0.39 is 0 Å². The summed E-state index contributed by atoms with van der Waals surface area (Å²) in [6, 6.07) is 9.36. The molecule has 1 aromatic carbocycles. The lowest BCUT2D eigenvalue weighted by molar-refractivity contribution is 0.376. The summed E-state index contributed by atoms with van der Waals surface area (Å²) >= 11 is 0. The van der Waals surface area contributed by atoms with Crippen molar-refractivity contribution in [3.05, 3.63) is 35.4 Å². The van der Waals surface area contributed by atoms with Gasteiger partial charge in [0.05, 0.1) is 0 Å². The minimum Gasteiger partial charge on any atom is -0.316 e. The Balaban J connectivity index is 2.10. The molecular weight excluding hydrogens is 182 g/mol. The summed E-state index contributed by atoms with van der Waals surface area (Å²) in [6.07, 6.45) is 3.93. The average molecular weight is 203 g/mol. The molecule has 1 saturated carbocycles. The standard InChI is InChI=1S/C14H21N/c1-11-6-4-5-7-12(11)10-13(15-3)14(2)8-9-14/h4-7,13,15H,8-10H2,1-3H3. The molecule has 0 aromatic heterocycles. The molecular formula is C14H21N. The molecule has 0 amide bonds. The Hall–Kier alpha value is -0.820. The van der Waals surface area contributed by atoms with Crippen LogP contribution in [0.4, 0.5) is 0 Å². The van der Waals surface area contributed by atoms with Gasteiger partial charge in [-0.2, -0.15) is 0 Å². The molecule has 1 unspecified atom stereocenters. The Bertz CT molecular complexity index is 339. The van der Waals surface area contributed by atoms with Gasteiger partial charge in [-0.05, 0) is 49.8 Å². The molecule has 15 heavy (non-hydrogen) atoms. The highest BCUT2D eigenvalue weighted by molar-refractivity contribution is 5.27. The molecule has 0 aliphatic heterocycles. The SMILES string of the molecule is CNC(Cc1ccccc1C)C1(C)CC1. The lowest BCUT2D eigenvalue weighted by atomic mass is 9.91. The van der Waals surface area contributed by atoms with E-state index in [-0.39, 0.29) is 0 Å². The van der Waals surface area contributed by atoms with E-state index in [1.165, 1.54) is 30.4 Å². The van der Waals surface area contributed by atoms with Gasteiger partial charge in [0, 0.05) is 6.04 Å². The van der Waals surface area contributed by atoms with Crippen molar-refractivity contribution >= 4 is 0 Å². The third-order valence-electron chi connectivity index (χ3n) is 3.91. The predicted molar refractivity (Wildman–Crippen MR) is 65.1 cm³/mol. The lowest BCUT2D eigenvalue weighted by Gasteiger charge is -2.23. The van der Waals surface area contributed by atoms with Crippen LogP contribution in [0.2, 0.25) is 0 Å². The molecule has 0 radical (unpaired) electrons. The number of likely N-dealkylation sites (N-methyl/N-ethyl adjacent to an activating group) is 1. The Kier molecular flexibility index (Phi) is 2.83. The molecule has 1 N–H and O–H groups in total. The minimum absolute atomic E-state index is 0.553. The first kappa shape index (κ1) is 10.7. The van der Waals surface area contributed by atoms with Gasteiger partial charge in [0.25, 0.3) is 0 Å². The van der Waals surface area contributed by atoms with Gasteiger partial charge in [-0.3, -0.25) is 0 Å². The van der Waals surface area contributed by atoms with Crippen LogP contribution in [0.15, 0.2) is 24.3 Å². The van der Waals surface area contributed by atoms with Crippen molar-refractivity contribution in [2.75, 3.05) is 7.05 Å². The van der Waals surface area contributed by atoms with E-state index in [1.54, 1.807) is 0 Å². The zero-order valence-corrected chi connectivity index (χ0v) is 10.0. The molecule has 1 aliphatic rings. The fourth-order valence-corrected chi connectivity index (χ4v) is 2.30. The molecule has 1 aromatic rings. The van der Waals surface area contributed by atoms with Crippen LogP contribution in [0.5, 0.6) is 0 Å². The highest BCUT2D eigenvalue weighted by Gasteiger charge is 2.43. The largest absolute Gasteiger partial charge is 0.316 e. The molecule has 1 heteroatoms. The average Bonchev–Trinajstić information content (AvgIpc) is 2.96. The summed E-state index contributed by atoms with van der Waals surface area (Å²) in [5, 5.41) is 3.48. The van der Waals surface area contributed by atoms with Gasteiger partial charge in [-0.1, -0.05) is 31.2 Å². The van der Waals surface area contributed by atoms with Crippen LogP contribution in [0.25, 0.3) is 0 Å². The number of benzene rings is 1. The van der Waals surface area contributed by atoms with Gasteiger partial charge in [-0.25, -0.2) is 0 Å². The van der Waals surface area contributed by atoms with E-state index in [0.29, 0.717) is 11.5 Å². The quantitative estimate of drug-likeness (QED) is 0.793. The smallest absolute Gasteiger partial charge is 0.0158 e. The van der Waals surface area contributed by atoms with Crippen molar-refractivity contribution in [3.63, 3.8) is 0 Å². The van der Waals surface area contributed by atoms with Crippen LogP contribution in [-0.2, 0) is 6.42 Å². The molecule has 1 atom stereocenters. The van der Waals surface area contributed by atoms with E-state index in [2.05, 4.69) is 50.5 Å². The zero-order chi connectivity index (χ0) is 10.9. The third-order valence-corrected chi connectivity index (χ3v) is 3.91. The summed E-state index contributed by atoms with van der Waals surface area (Å²) in [5.74, 6) is 0. The summed E-state index contributed by atoms with van der Waals surface area (Å²) < 4.78 is 0. The van der Waals surface area contributed by atoms with E-state index in [9.17, 15) is 0 Å². The molecule has 1 fully saturated rings. The van der Waals surface area contributed by atoms with Crippen LogP contribution in [0.1, 0.15) is 30.9 Å². The van der Waals surface area contributed by atoms with Crippen molar-refractivity contribution in [1.82, 2.24) is 5.32 Å². The maximum absolute atomic E-state index is 3.48. The van der Waals surface area contributed by atoms with Crippen molar-refractivity contribution in [1.29, 1.82) is 0 Å². The molecule has 1 aliphatic carbocycles. The number of aryl methyl sites for hydroxylation is 1. The number of hydrogen-bond acceptors (Lipinski definition) is 1. The summed E-state index contributed by atoms with van der Waals surface area (Å²) in [6.45, 7) is 4.60. The second-order valence-electron chi connectivity index (χ2n) is 5.13. The van der Waals surface area contributed by atoms with E-state index in [0.717, 1.165) is 0 Å². The summed E-state index contributed by atoms with van der Waals surface area (Å²) in [4.78, 5) is 0. The third kappa shape index (κ3) is 2.23. The number of rotatable bonds is 4. The molecule has 0 bridgehead atoms. The Morgan fingerprint density at radius 3 is 2.53 bits per heavy atom. The van der Waals surface area contributed by atoms with Gasteiger partial charge in [0.15, 0.2) is 0 Å². The van der Waals surface area contributed by atoms with Crippen LogP contribution < -0.4 is 5.32 Å². The Morgan fingerprint density at radius 2 is 2.00 bits per heavy atom. The zero-order valence-electron chi connectivity index (χ0n) is 10.0. The van der Waals surface area contributed by atoms with Crippen molar-refractivity contribution < 1.29 is 0 Å². The fourth-order valence-electron chi connectivity index (χ4n) is 2.30. The molecule has 2 rings (SSSR count). The highest BCUT2D eigenvalue weighted by atomic mass is 14.9. The molecule has 0 saturated heterocycles. The Labute approximate surface area is 92.9 Å². The second-order valence-corrected chi connectivity index (χ2v) is 5.13. The van der Waals surface area contributed by atoms with Gasteiger partial charge >= 0.3 is 0 Å². The van der Waals surface area contributed by atoms with E-state index in [1.807, 2.05) is 0 Å². The molecule has 82 valence electrons. The fraction of sp³-hybridized carbons (Fsp3) is 0.571. The van der Waals surface area contributed by atoms with E-state index in [4.69, 9.17) is 0 Å². The Morgan fingerprint density at radius 1 is 1.33 bits per heavy atom. The van der Waals surface area contributed by atoms with Crippen molar-refractivity contribution in [2.45, 2.75) is 39.2 Å². The van der Waals surface area contributed by atoms with Gasteiger partial charge < -0.3 is 5.32 Å². The first-order valence-electron chi connectivity index (χ1n) is 5.87. The monoisotopic (exact) mass is 203 g/mol. The molecule has 1 nitrogen and oxygen atoms in total. The first-order valence-corrected chi connectivity index (χ1v) is 5.87. The summed E-state index contributed by atoms with van der Waals surface area (Å²) in [7, 11) is 2.09. The number of nitrogens with one attached hydrogen (secondary N) is 1. The van der Waals surface area contributed by atoms with Gasteiger partial charge in [0.1, 0.15) is 0 Å². The van der Waals surface area contributed by atoms with Crippen molar-refractivity contribution in [3.8, 4) is 0 Å². The van der Waals surface area contributed by atoms with Crippen LogP contribution in [0, 0.1) is 12.3 Å². The van der Waals surface area contributed by atoms with Crippen LogP contribution in [-0.4, -0.2) is 13.1 Å². The van der Waals surface area contributed by atoms with Gasteiger partial charge in [0.2, 0.25) is 0 Å². The topological polar surface area (TPSA) is 12.0 Å². The maximum Gasteiger partial charge on any atom is 0.0158 e. The van der Waals surface area contributed by atoms with Crippen LogP contribution >= 0.6 is 0 Å². The molecule has 0 spiro atoms. The second kappa shape index (κ2) is 3.97. The first-order chi connectivity index (χ1) is 7.15. The maximum atomic E-state index is 3.48. The van der Waals surface area contributed by atoms with Crippen LogP contribution in [0.3, 0.4) is 0 Å². The van der Waals surface area contributed by atoms with E-state index >= 15 is 0 Å².